The van der Waals surface area contributed by atoms with Crippen molar-refractivity contribution in [3.63, 3.8) is 0 Å². The molecule has 0 radical (unpaired) electrons. The maximum atomic E-state index is 13.6. The Bertz CT molecular complexity index is 750. The zero-order valence-corrected chi connectivity index (χ0v) is 13.0. The third-order valence-corrected chi connectivity index (χ3v) is 3.20. The number of benzene rings is 2. The molecule has 0 unspecified atom stereocenters. The molecule has 0 aromatic heterocycles. The molecule has 2 N–H and O–H groups in total. The first-order chi connectivity index (χ1) is 10.4. The van der Waals surface area contributed by atoms with Crippen LogP contribution in [0.4, 0.5) is 20.2 Å². The predicted octanol–water partition coefficient (Wildman–Crippen LogP) is 3.94. The van der Waals surface area contributed by atoms with Crippen LogP contribution in [0.25, 0.3) is 0 Å². The van der Waals surface area contributed by atoms with E-state index in [2.05, 4.69) is 26.6 Å². The van der Waals surface area contributed by atoms with Gasteiger partial charge in [-0.15, -0.1) is 0 Å². The summed E-state index contributed by atoms with van der Waals surface area (Å²) in [6, 6.07) is 7.63. The molecule has 0 atom stereocenters. The van der Waals surface area contributed by atoms with Gasteiger partial charge >= 0.3 is 0 Å². The summed E-state index contributed by atoms with van der Waals surface area (Å²) in [5, 5.41) is 4.75. The number of hydrogen-bond acceptors (Lipinski definition) is 2. The van der Waals surface area contributed by atoms with Crippen LogP contribution in [-0.4, -0.2) is 11.8 Å². The van der Waals surface area contributed by atoms with Crippen LogP contribution in [0.2, 0.25) is 0 Å². The summed E-state index contributed by atoms with van der Waals surface area (Å²) in [5.41, 5.74) is 0.00863. The molecular weight excluding hydrogens is 358 g/mol. The largest absolute Gasteiger partial charge is 0.324 e. The molecule has 22 heavy (non-hydrogen) atoms. The van der Waals surface area contributed by atoms with Crippen molar-refractivity contribution < 1.29 is 18.4 Å². The molecule has 0 fully saturated rings. The Morgan fingerprint density at radius 1 is 1.00 bits per heavy atom. The third-order valence-electron chi connectivity index (χ3n) is 2.71. The van der Waals surface area contributed by atoms with Gasteiger partial charge in [-0.05, 0) is 36.4 Å². The molecule has 4 nitrogen and oxygen atoms in total. The molecule has 0 aliphatic heterocycles. The molecule has 2 aromatic carbocycles. The number of hydrogen-bond donors (Lipinski definition) is 2. The fourth-order valence-corrected chi connectivity index (χ4v) is 2.12. The van der Waals surface area contributed by atoms with Crippen molar-refractivity contribution in [2.75, 3.05) is 10.6 Å². The summed E-state index contributed by atoms with van der Waals surface area (Å²) in [4.78, 5) is 23.0. The lowest BCUT2D eigenvalue weighted by Gasteiger charge is -2.09. The van der Waals surface area contributed by atoms with E-state index in [1.165, 1.54) is 31.2 Å². The summed E-state index contributed by atoms with van der Waals surface area (Å²) in [5.74, 6) is -2.44. The molecular formula is C15H11BrF2N2O2. The quantitative estimate of drug-likeness (QED) is 0.861. The summed E-state index contributed by atoms with van der Waals surface area (Å²) >= 11 is 3.15. The Hall–Kier alpha value is -2.28. The number of amides is 2. The van der Waals surface area contributed by atoms with Crippen molar-refractivity contribution in [1.82, 2.24) is 0 Å². The van der Waals surface area contributed by atoms with Crippen LogP contribution in [0.5, 0.6) is 0 Å². The lowest BCUT2D eigenvalue weighted by molar-refractivity contribution is -0.114. The van der Waals surface area contributed by atoms with Gasteiger partial charge in [0.05, 0.1) is 11.3 Å². The van der Waals surface area contributed by atoms with E-state index in [0.717, 1.165) is 12.1 Å². The maximum Gasteiger partial charge on any atom is 0.258 e. The highest BCUT2D eigenvalue weighted by atomic mass is 79.9. The number of rotatable bonds is 3. The van der Waals surface area contributed by atoms with Crippen LogP contribution >= 0.6 is 15.9 Å². The van der Waals surface area contributed by atoms with Crippen molar-refractivity contribution in [2.24, 2.45) is 0 Å². The zero-order valence-electron chi connectivity index (χ0n) is 11.4. The molecule has 0 saturated carbocycles. The van der Waals surface area contributed by atoms with E-state index in [1.807, 2.05) is 0 Å². The molecule has 2 rings (SSSR count). The van der Waals surface area contributed by atoms with E-state index < -0.39 is 23.4 Å². The van der Waals surface area contributed by atoms with Gasteiger partial charge in [-0.2, -0.15) is 0 Å². The van der Waals surface area contributed by atoms with Gasteiger partial charge in [0, 0.05) is 17.1 Å². The van der Waals surface area contributed by atoms with Gasteiger partial charge in [-0.3, -0.25) is 9.59 Å². The standard InChI is InChI=1S/C15H11BrF2N2O2/c1-8(21)19-14-7-10(3-5-13(14)18)20-15(22)11-6-9(16)2-4-12(11)17/h2-7H,1H3,(H,19,21)(H,20,22). The topological polar surface area (TPSA) is 58.2 Å². The Morgan fingerprint density at radius 2 is 1.68 bits per heavy atom. The van der Waals surface area contributed by atoms with Crippen LogP contribution in [0.15, 0.2) is 40.9 Å². The molecule has 114 valence electrons. The molecule has 0 aliphatic rings. The summed E-state index contributed by atoms with van der Waals surface area (Å²) in [6.45, 7) is 1.24. The third kappa shape index (κ3) is 3.88. The SMILES string of the molecule is CC(=O)Nc1cc(NC(=O)c2cc(Br)ccc2F)ccc1F. The van der Waals surface area contributed by atoms with E-state index in [-0.39, 0.29) is 16.9 Å². The zero-order chi connectivity index (χ0) is 16.3. The molecule has 2 aromatic rings. The first-order valence-electron chi connectivity index (χ1n) is 6.20. The first-order valence-corrected chi connectivity index (χ1v) is 6.99. The second-order valence-corrected chi connectivity index (χ2v) is 5.37. The minimum atomic E-state index is -0.681. The normalized spacial score (nSPS) is 10.2. The molecule has 0 aliphatic carbocycles. The van der Waals surface area contributed by atoms with Crippen LogP contribution in [-0.2, 0) is 4.79 Å². The summed E-state index contributed by atoms with van der Waals surface area (Å²) in [7, 11) is 0. The van der Waals surface area contributed by atoms with Gasteiger partial charge < -0.3 is 10.6 Å². The van der Waals surface area contributed by atoms with Crippen LogP contribution in [0.1, 0.15) is 17.3 Å². The molecule has 0 saturated heterocycles. The molecule has 2 amide bonds. The number of carbonyl (C=O) groups excluding carboxylic acids is 2. The van der Waals surface area contributed by atoms with Gasteiger partial charge in [-0.1, -0.05) is 15.9 Å². The summed E-state index contributed by atoms with van der Waals surface area (Å²) in [6.07, 6.45) is 0. The molecule has 0 bridgehead atoms. The summed E-state index contributed by atoms with van der Waals surface area (Å²) < 4.78 is 27.7. The Morgan fingerprint density at radius 3 is 2.36 bits per heavy atom. The monoisotopic (exact) mass is 368 g/mol. The number of nitrogens with one attached hydrogen (secondary N) is 2. The molecule has 7 heteroatoms. The highest BCUT2D eigenvalue weighted by Crippen LogP contribution is 2.21. The Kier molecular flexibility index (Phi) is 4.87. The van der Waals surface area contributed by atoms with E-state index in [0.29, 0.717) is 4.47 Å². The molecule has 0 spiro atoms. The van der Waals surface area contributed by atoms with Gasteiger partial charge in [0.2, 0.25) is 5.91 Å². The van der Waals surface area contributed by atoms with Crippen molar-refractivity contribution in [2.45, 2.75) is 6.92 Å². The Labute approximate surface area is 133 Å². The lowest BCUT2D eigenvalue weighted by Crippen LogP contribution is -2.14. The fourth-order valence-electron chi connectivity index (χ4n) is 1.76. The predicted molar refractivity (Wildman–Crippen MR) is 82.8 cm³/mol. The molecule has 0 heterocycles. The van der Waals surface area contributed by atoms with E-state index in [4.69, 9.17) is 0 Å². The van der Waals surface area contributed by atoms with Crippen molar-refractivity contribution in [3.05, 3.63) is 58.1 Å². The van der Waals surface area contributed by atoms with Gasteiger partial charge in [0.25, 0.3) is 5.91 Å². The van der Waals surface area contributed by atoms with Gasteiger partial charge in [0.15, 0.2) is 0 Å². The first kappa shape index (κ1) is 16.1. The number of halogens is 3. The van der Waals surface area contributed by atoms with Gasteiger partial charge in [-0.25, -0.2) is 8.78 Å². The van der Waals surface area contributed by atoms with E-state index in [9.17, 15) is 18.4 Å². The fraction of sp³-hybridized carbons (Fsp3) is 0.0667. The van der Waals surface area contributed by atoms with E-state index >= 15 is 0 Å². The van der Waals surface area contributed by atoms with Crippen molar-refractivity contribution >= 4 is 39.1 Å². The highest BCUT2D eigenvalue weighted by Gasteiger charge is 2.13. The number of anilines is 2. The highest BCUT2D eigenvalue weighted by molar-refractivity contribution is 9.10. The van der Waals surface area contributed by atoms with Crippen LogP contribution in [0.3, 0.4) is 0 Å². The average molecular weight is 369 g/mol. The van der Waals surface area contributed by atoms with Crippen molar-refractivity contribution in [1.29, 1.82) is 0 Å². The maximum absolute atomic E-state index is 13.6. The van der Waals surface area contributed by atoms with Crippen LogP contribution in [0, 0.1) is 11.6 Å². The smallest absolute Gasteiger partial charge is 0.258 e. The number of carbonyl (C=O) groups is 2. The minimum Gasteiger partial charge on any atom is -0.324 e. The van der Waals surface area contributed by atoms with Crippen LogP contribution < -0.4 is 10.6 Å². The minimum absolute atomic E-state index is 0.0694. The second-order valence-electron chi connectivity index (χ2n) is 4.45. The van der Waals surface area contributed by atoms with Crippen molar-refractivity contribution in [3.8, 4) is 0 Å². The lowest BCUT2D eigenvalue weighted by atomic mass is 10.2. The Balaban J connectivity index is 2.25. The second kappa shape index (κ2) is 6.65. The van der Waals surface area contributed by atoms with E-state index in [1.54, 1.807) is 0 Å². The average Bonchev–Trinajstić information content (AvgIpc) is 2.44. The van der Waals surface area contributed by atoms with Gasteiger partial charge in [0.1, 0.15) is 11.6 Å².